The minimum Gasteiger partial charge on any atom is -0.497 e. The highest BCUT2D eigenvalue weighted by molar-refractivity contribution is 7.89. The van der Waals surface area contributed by atoms with Crippen LogP contribution in [0.4, 0.5) is 0 Å². The van der Waals surface area contributed by atoms with Crippen LogP contribution in [0, 0.1) is 13.8 Å². The van der Waals surface area contributed by atoms with Crippen LogP contribution >= 0.6 is 0 Å². The predicted molar refractivity (Wildman–Crippen MR) is 143 cm³/mol. The van der Waals surface area contributed by atoms with Crippen LogP contribution in [0.5, 0.6) is 5.75 Å². The highest BCUT2D eigenvalue weighted by Gasteiger charge is 2.35. The molecule has 2 heterocycles. The molecule has 0 aromatic heterocycles. The molecule has 0 spiro atoms. The fourth-order valence-corrected chi connectivity index (χ4v) is 7.60. The number of carbonyl (C=O) groups is 1. The number of ether oxygens (including phenoxy) is 2. The van der Waals surface area contributed by atoms with E-state index in [-0.39, 0.29) is 31.2 Å². The molecule has 1 N–H and O–H groups in total. The number of carbonyl (C=O) groups excluding carboxylic acids is 1. The quantitative estimate of drug-likeness (QED) is 0.508. The molecule has 0 radical (unpaired) electrons. The highest BCUT2D eigenvalue weighted by atomic mass is 32.2. The van der Waals surface area contributed by atoms with E-state index in [1.54, 1.807) is 37.4 Å². The smallest absolute Gasteiger partial charge is 0.246 e. The molecule has 8 nitrogen and oxygen atoms in total. The van der Waals surface area contributed by atoms with Crippen molar-refractivity contribution in [3.05, 3.63) is 59.2 Å². The number of rotatable bonds is 10. The van der Waals surface area contributed by atoms with Crippen LogP contribution in [-0.2, 0) is 26.1 Å². The third kappa shape index (κ3) is 6.90. The van der Waals surface area contributed by atoms with Gasteiger partial charge in [0.1, 0.15) is 12.4 Å². The molecule has 2 saturated heterocycles. The Morgan fingerprint density at radius 2 is 1.78 bits per heavy atom. The van der Waals surface area contributed by atoms with Crippen LogP contribution in [0.25, 0.3) is 0 Å². The van der Waals surface area contributed by atoms with Crippen molar-refractivity contribution in [2.45, 2.75) is 63.1 Å². The van der Waals surface area contributed by atoms with Gasteiger partial charge < -0.3 is 14.8 Å². The molecule has 2 aromatic rings. The summed E-state index contributed by atoms with van der Waals surface area (Å²) >= 11 is 0. The van der Waals surface area contributed by atoms with Crippen molar-refractivity contribution in [3.63, 3.8) is 0 Å². The lowest BCUT2D eigenvalue weighted by atomic mass is 10.1. The first-order valence-electron chi connectivity index (χ1n) is 13.1. The lowest BCUT2D eigenvalue weighted by molar-refractivity contribution is -0.126. The molecule has 4 rings (SSSR count). The van der Waals surface area contributed by atoms with Crippen molar-refractivity contribution >= 4 is 15.9 Å². The number of nitrogens with one attached hydrogen (secondary N) is 1. The number of likely N-dealkylation sites (tertiary alicyclic amines) is 1. The molecule has 37 heavy (non-hydrogen) atoms. The van der Waals surface area contributed by atoms with Gasteiger partial charge >= 0.3 is 0 Å². The van der Waals surface area contributed by atoms with E-state index in [0.717, 1.165) is 38.9 Å². The van der Waals surface area contributed by atoms with Crippen LogP contribution < -0.4 is 10.1 Å². The molecule has 0 aliphatic carbocycles. The number of amides is 1. The number of nitrogens with zero attached hydrogens (tertiary/aromatic N) is 2. The van der Waals surface area contributed by atoms with Gasteiger partial charge in [-0.1, -0.05) is 36.8 Å². The van der Waals surface area contributed by atoms with E-state index >= 15 is 0 Å². The maximum absolute atomic E-state index is 13.7. The van der Waals surface area contributed by atoms with Crippen molar-refractivity contribution in [2.75, 3.05) is 40.0 Å². The molecule has 0 saturated carbocycles. The molecule has 1 amide bonds. The summed E-state index contributed by atoms with van der Waals surface area (Å²) < 4.78 is 40.0. The Morgan fingerprint density at radius 3 is 2.49 bits per heavy atom. The predicted octanol–water partition coefficient (Wildman–Crippen LogP) is 3.26. The summed E-state index contributed by atoms with van der Waals surface area (Å²) in [6.45, 7) is 6.81. The normalized spacial score (nSPS) is 21.2. The van der Waals surface area contributed by atoms with Crippen molar-refractivity contribution in [2.24, 2.45) is 0 Å². The second-order valence-corrected chi connectivity index (χ2v) is 12.0. The molecule has 0 bridgehead atoms. The van der Waals surface area contributed by atoms with Crippen molar-refractivity contribution in [3.8, 4) is 5.75 Å². The lowest BCUT2D eigenvalue weighted by Crippen LogP contribution is -2.47. The van der Waals surface area contributed by atoms with Crippen LogP contribution in [0.2, 0.25) is 0 Å². The largest absolute Gasteiger partial charge is 0.497 e. The standard InChI is InChI=1S/C28H39N3O5S/c1-21-15-26(35-3)16-22(2)28(21)37(33,34)31-13-8-7-11-25(31)19-36-20-27(32)29-24-12-14-30(18-24)17-23-9-5-4-6-10-23/h4-6,9-10,15-16,24-25H,7-8,11-14,17-20H2,1-3H3,(H,29,32). The van der Waals surface area contributed by atoms with Crippen LogP contribution in [0.3, 0.4) is 0 Å². The van der Waals surface area contributed by atoms with Crippen molar-refractivity contribution in [1.29, 1.82) is 0 Å². The van der Waals surface area contributed by atoms with E-state index in [1.807, 2.05) is 18.2 Å². The third-order valence-corrected chi connectivity index (χ3v) is 9.50. The average Bonchev–Trinajstić information content (AvgIpc) is 3.30. The summed E-state index contributed by atoms with van der Waals surface area (Å²) in [6.07, 6.45) is 3.37. The molecular weight excluding hydrogens is 490 g/mol. The van der Waals surface area contributed by atoms with E-state index in [1.165, 1.54) is 5.56 Å². The Balaban J connectivity index is 1.29. The zero-order valence-electron chi connectivity index (χ0n) is 22.1. The van der Waals surface area contributed by atoms with Gasteiger partial charge in [0.05, 0.1) is 18.6 Å². The summed E-state index contributed by atoms with van der Waals surface area (Å²) in [5, 5.41) is 3.08. The molecule has 2 aromatic carbocycles. The maximum atomic E-state index is 13.7. The fourth-order valence-electron chi connectivity index (χ4n) is 5.50. The van der Waals surface area contributed by atoms with Gasteiger partial charge in [0, 0.05) is 38.3 Å². The van der Waals surface area contributed by atoms with Gasteiger partial charge in [-0.05, 0) is 61.9 Å². The van der Waals surface area contributed by atoms with Crippen LogP contribution in [-0.4, -0.2) is 75.6 Å². The van der Waals surface area contributed by atoms with E-state index in [4.69, 9.17) is 9.47 Å². The maximum Gasteiger partial charge on any atom is 0.246 e. The Hall–Kier alpha value is -2.46. The average molecular weight is 530 g/mol. The molecule has 2 unspecified atom stereocenters. The molecule has 2 aliphatic heterocycles. The van der Waals surface area contributed by atoms with Gasteiger partial charge in [0.25, 0.3) is 0 Å². The number of aryl methyl sites for hydroxylation is 2. The highest BCUT2D eigenvalue weighted by Crippen LogP contribution is 2.32. The van der Waals surface area contributed by atoms with Gasteiger partial charge in [-0.3, -0.25) is 9.69 Å². The van der Waals surface area contributed by atoms with Gasteiger partial charge in [-0.25, -0.2) is 8.42 Å². The fraction of sp³-hybridized carbons (Fsp3) is 0.536. The van der Waals surface area contributed by atoms with Gasteiger partial charge in [0.15, 0.2) is 0 Å². The third-order valence-electron chi connectivity index (χ3n) is 7.24. The second kappa shape index (κ2) is 12.4. The molecule has 202 valence electrons. The second-order valence-electron chi connectivity index (χ2n) is 10.1. The Labute approximate surface area is 221 Å². The topological polar surface area (TPSA) is 88.2 Å². The summed E-state index contributed by atoms with van der Waals surface area (Å²) in [7, 11) is -2.13. The first kappa shape index (κ1) is 27.6. The molecule has 2 atom stereocenters. The van der Waals surface area contributed by atoms with Crippen molar-refractivity contribution in [1.82, 2.24) is 14.5 Å². The molecule has 9 heteroatoms. The zero-order chi connectivity index (χ0) is 26.4. The number of sulfonamides is 1. The first-order chi connectivity index (χ1) is 17.8. The van der Waals surface area contributed by atoms with E-state index in [2.05, 4.69) is 22.3 Å². The minimum absolute atomic E-state index is 0.0693. The SMILES string of the molecule is COc1cc(C)c(S(=O)(=O)N2CCCCC2COCC(=O)NC2CCN(Cc3ccccc3)C2)c(C)c1. The number of methoxy groups -OCH3 is 1. The summed E-state index contributed by atoms with van der Waals surface area (Å²) in [6, 6.07) is 13.7. The van der Waals surface area contributed by atoms with Crippen LogP contribution in [0.1, 0.15) is 42.4 Å². The zero-order valence-corrected chi connectivity index (χ0v) is 22.9. The molecule has 2 fully saturated rings. The monoisotopic (exact) mass is 529 g/mol. The van der Waals surface area contributed by atoms with Gasteiger partial charge in [-0.15, -0.1) is 0 Å². The Kier molecular flexibility index (Phi) is 9.23. The Morgan fingerprint density at radius 1 is 1.05 bits per heavy atom. The number of hydrogen-bond donors (Lipinski definition) is 1. The number of hydrogen-bond acceptors (Lipinski definition) is 6. The Bertz CT molecular complexity index is 1150. The van der Waals surface area contributed by atoms with E-state index in [9.17, 15) is 13.2 Å². The summed E-state index contributed by atoms with van der Waals surface area (Å²) in [5.41, 5.74) is 2.60. The minimum atomic E-state index is -3.71. The van der Waals surface area contributed by atoms with Crippen LogP contribution in [0.15, 0.2) is 47.4 Å². The van der Waals surface area contributed by atoms with Gasteiger partial charge in [-0.2, -0.15) is 4.31 Å². The molecule has 2 aliphatic rings. The van der Waals surface area contributed by atoms with Crippen molar-refractivity contribution < 1.29 is 22.7 Å². The van der Waals surface area contributed by atoms with E-state index < -0.39 is 10.0 Å². The summed E-state index contributed by atoms with van der Waals surface area (Å²) in [5.74, 6) is 0.488. The first-order valence-corrected chi connectivity index (χ1v) is 14.5. The lowest BCUT2D eigenvalue weighted by Gasteiger charge is -2.35. The summed E-state index contributed by atoms with van der Waals surface area (Å²) in [4.78, 5) is 15.2. The number of benzene rings is 2. The number of piperidine rings is 1. The van der Waals surface area contributed by atoms with E-state index in [0.29, 0.717) is 34.7 Å². The molecular formula is C28H39N3O5S. The van der Waals surface area contributed by atoms with Gasteiger partial charge in [0.2, 0.25) is 15.9 Å².